The molecule has 0 radical (unpaired) electrons. The number of benzene rings is 2. The Kier molecular flexibility index (Phi) is 6.40. The van der Waals surface area contributed by atoms with E-state index in [1.54, 1.807) is 6.07 Å². The van der Waals surface area contributed by atoms with Crippen LogP contribution < -0.4 is 10.1 Å². The van der Waals surface area contributed by atoms with Crippen molar-refractivity contribution in [3.05, 3.63) is 60.1 Å². The lowest BCUT2D eigenvalue weighted by Gasteiger charge is -2.06. The van der Waals surface area contributed by atoms with Crippen molar-refractivity contribution in [2.75, 3.05) is 13.2 Å². The van der Waals surface area contributed by atoms with Crippen LogP contribution in [-0.2, 0) is 16.1 Å². The number of carbonyl (C=O) groups excluding carboxylic acids is 2. The van der Waals surface area contributed by atoms with E-state index in [0.717, 1.165) is 5.52 Å². The van der Waals surface area contributed by atoms with Crippen LogP contribution in [0, 0.1) is 0 Å². The summed E-state index contributed by atoms with van der Waals surface area (Å²) in [5.41, 5.74) is 1.73. The lowest BCUT2D eigenvalue weighted by atomic mass is 10.2. The Morgan fingerprint density at radius 2 is 1.94 bits per heavy atom. The molecule has 0 aliphatic heterocycles. The van der Waals surface area contributed by atoms with Gasteiger partial charge < -0.3 is 19.3 Å². The second-order valence-electron chi connectivity index (χ2n) is 6.73. The zero-order chi connectivity index (χ0) is 22.3. The number of H-pyrrole nitrogens is 1. The summed E-state index contributed by atoms with van der Waals surface area (Å²) in [5.74, 6) is 0.265. The van der Waals surface area contributed by atoms with Crippen LogP contribution in [0.3, 0.4) is 0 Å². The average molecular weight is 435 g/mol. The number of hydrogen-bond acceptors (Lipinski definition) is 8. The van der Waals surface area contributed by atoms with E-state index in [2.05, 4.69) is 25.7 Å². The highest BCUT2D eigenvalue weighted by Gasteiger charge is 2.16. The molecule has 0 saturated heterocycles. The van der Waals surface area contributed by atoms with Crippen LogP contribution in [0.2, 0.25) is 0 Å². The number of hydrogen-bond donors (Lipinski definition) is 2. The van der Waals surface area contributed by atoms with Gasteiger partial charge in [-0.15, -0.1) is 0 Å². The quantitative estimate of drug-likeness (QED) is 0.384. The van der Waals surface area contributed by atoms with Crippen LogP contribution in [-0.4, -0.2) is 45.4 Å². The summed E-state index contributed by atoms with van der Waals surface area (Å²) in [6.07, 6.45) is -0.0116. The lowest BCUT2D eigenvalue weighted by Crippen LogP contribution is -2.27. The first-order valence-electron chi connectivity index (χ1n) is 10.1. The SMILES string of the molecule is CCOc1ccccc1-c1noc(COC(=O)CCNC(=O)c2n[nH]c3ccccc23)n1. The molecule has 32 heavy (non-hydrogen) atoms. The summed E-state index contributed by atoms with van der Waals surface area (Å²) in [6.45, 7) is 2.33. The van der Waals surface area contributed by atoms with Crippen LogP contribution in [0.15, 0.2) is 53.1 Å². The number of rotatable bonds is 9. The van der Waals surface area contributed by atoms with Gasteiger partial charge in [0.1, 0.15) is 5.75 Å². The summed E-state index contributed by atoms with van der Waals surface area (Å²) < 4.78 is 15.9. The second kappa shape index (κ2) is 9.73. The van der Waals surface area contributed by atoms with Crippen molar-refractivity contribution in [1.29, 1.82) is 0 Å². The Morgan fingerprint density at radius 1 is 1.12 bits per heavy atom. The molecule has 10 nitrogen and oxygen atoms in total. The maximum atomic E-state index is 12.3. The fourth-order valence-corrected chi connectivity index (χ4v) is 3.07. The second-order valence-corrected chi connectivity index (χ2v) is 6.73. The van der Waals surface area contributed by atoms with Crippen LogP contribution in [0.25, 0.3) is 22.3 Å². The molecule has 0 bridgehead atoms. The third kappa shape index (κ3) is 4.75. The van der Waals surface area contributed by atoms with Gasteiger partial charge in [-0.1, -0.05) is 35.5 Å². The first-order chi connectivity index (χ1) is 15.7. The van der Waals surface area contributed by atoms with Gasteiger partial charge >= 0.3 is 5.97 Å². The molecule has 2 aromatic heterocycles. The molecule has 0 atom stereocenters. The minimum atomic E-state index is -0.508. The molecule has 2 heterocycles. The van der Waals surface area contributed by atoms with Gasteiger partial charge in [0.05, 0.1) is 24.1 Å². The van der Waals surface area contributed by atoms with Crippen LogP contribution in [0.1, 0.15) is 29.7 Å². The monoisotopic (exact) mass is 435 g/mol. The maximum Gasteiger partial charge on any atom is 0.308 e. The third-order valence-corrected chi connectivity index (χ3v) is 4.55. The molecule has 1 amide bonds. The zero-order valence-electron chi connectivity index (χ0n) is 17.3. The number of carbonyl (C=O) groups is 2. The summed E-state index contributed by atoms with van der Waals surface area (Å²) in [4.78, 5) is 28.6. The Balaban J connectivity index is 1.26. The first kappa shape index (κ1) is 21.0. The van der Waals surface area contributed by atoms with Gasteiger partial charge in [0.2, 0.25) is 5.82 Å². The van der Waals surface area contributed by atoms with Gasteiger partial charge in [0, 0.05) is 11.9 Å². The summed E-state index contributed by atoms with van der Waals surface area (Å²) >= 11 is 0. The molecule has 4 aromatic rings. The van der Waals surface area contributed by atoms with Gasteiger partial charge in [0.25, 0.3) is 11.8 Å². The Morgan fingerprint density at radius 3 is 2.81 bits per heavy atom. The maximum absolute atomic E-state index is 12.3. The number of nitrogens with one attached hydrogen (secondary N) is 2. The minimum absolute atomic E-state index is 0.0116. The molecule has 4 rings (SSSR count). The van der Waals surface area contributed by atoms with Gasteiger partial charge in [0.15, 0.2) is 12.3 Å². The smallest absolute Gasteiger partial charge is 0.308 e. The lowest BCUT2D eigenvalue weighted by molar-refractivity contribution is -0.145. The van der Waals surface area contributed by atoms with E-state index < -0.39 is 5.97 Å². The molecule has 0 spiro atoms. The van der Waals surface area contributed by atoms with Crippen LogP contribution >= 0.6 is 0 Å². The molecule has 0 saturated carbocycles. The van der Waals surface area contributed by atoms with Crippen molar-refractivity contribution >= 4 is 22.8 Å². The van der Waals surface area contributed by atoms with Gasteiger partial charge in [-0.3, -0.25) is 14.7 Å². The molecule has 2 N–H and O–H groups in total. The number of ether oxygens (including phenoxy) is 2. The van der Waals surface area contributed by atoms with Crippen LogP contribution in [0.4, 0.5) is 0 Å². The molecule has 0 aliphatic rings. The Labute approximate surface area is 182 Å². The predicted octanol–water partition coefficient (Wildman–Crippen LogP) is 2.87. The zero-order valence-corrected chi connectivity index (χ0v) is 17.3. The largest absolute Gasteiger partial charge is 0.493 e. The van der Waals surface area contributed by atoms with E-state index in [-0.39, 0.29) is 37.1 Å². The van der Waals surface area contributed by atoms with E-state index in [4.69, 9.17) is 14.0 Å². The number of esters is 1. The molecular weight excluding hydrogens is 414 g/mol. The summed E-state index contributed by atoms with van der Waals surface area (Å²) in [7, 11) is 0. The van der Waals surface area contributed by atoms with Crippen molar-refractivity contribution in [3.8, 4) is 17.1 Å². The van der Waals surface area contributed by atoms with Crippen molar-refractivity contribution in [3.63, 3.8) is 0 Å². The summed E-state index contributed by atoms with van der Waals surface area (Å²) in [6, 6.07) is 14.6. The van der Waals surface area contributed by atoms with Gasteiger partial charge in [-0.25, -0.2) is 0 Å². The van der Waals surface area contributed by atoms with Crippen LogP contribution in [0.5, 0.6) is 5.75 Å². The fourth-order valence-electron chi connectivity index (χ4n) is 3.07. The number of aromatic nitrogens is 4. The number of fused-ring (bicyclic) bond motifs is 1. The third-order valence-electron chi connectivity index (χ3n) is 4.55. The minimum Gasteiger partial charge on any atom is -0.493 e. The van der Waals surface area contributed by atoms with Crippen molar-refractivity contribution < 1.29 is 23.6 Å². The molecule has 0 fully saturated rings. The van der Waals surface area contributed by atoms with Gasteiger partial charge in [-0.2, -0.15) is 10.1 Å². The van der Waals surface area contributed by atoms with Crippen molar-refractivity contribution in [2.24, 2.45) is 0 Å². The highest BCUT2D eigenvalue weighted by atomic mass is 16.6. The average Bonchev–Trinajstić information content (AvgIpc) is 3.45. The topological polar surface area (TPSA) is 132 Å². The van der Waals surface area contributed by atoms with E-state index in [1.807, 2.05) is 49.4 Å². The highest BCUT2D eigenvalue weighted by Crippen LogP contribution is 2.27. The van der Waals surface area contributed by atoms with E-state index in [1.165, 1.54) is 0 Å². The van der Waals surface area contributed by atoms with E-state index in [0.29, 0.717) is 29.1 Å². The van der Waals surface area contributed by atoms with E-state index in [9.17, 15) is 9.59 Å². The predicted molar refractivity (Wildman–Crippen MR) is 114 cm³/mol. The standard InChI is InChI=1S/C22H21N5O5/c1-2-30-17-10-6-4-8-15(17)21-24-18(32-27-21)13-31-19(28)11-12-23-22(29)20-14-7-3-5-9-16(14)25-26-20/h3-10H,2,11-13H2,1H3,(H,23,29)(H,25,26). The normalized spacial score (nSPS) is 10.8. The first-order valence-corrected chi connectivity index (χ1v) is 10.1. The Bertz CT molecular complexity index is 1230. The molecular formula is C22H21N5O5. The molecule has 10 heteroatoms. The van der Waals surface area contributed by atoms with Gasteiger partial charge in [-0.05, 0) is 25.1 Å². The van der Waals surface area contributed by atoms with Crippen molar-refractivity contribution in [2.45, 2.75) is 20.0 Å². The summed E-state index contributed by atoms with van der Waals surface area (Å²) in [5, 5.41) is 14.1. The number of aromatic amines is 1. The molecule has 164 valence electrons. The molecule has 2 aromatic carbocycles. The molecule has 0 aliphatic carbocycles. The Hall–Kier alpha value is -4.21. The fraction of sp³-hybridized carbons (Fsp3) is 0.227. The van der Waals surface area contributed by atoms with E-state index >= 15 is 0 Å². The van der Waals surface area contributed by atoms with Crippen molar-refractivity contribution in [1.82, 2.24) is 25.7 Å². The highest BCUT2D eigenvalue weighted by molar-refractivity contribution is 6.04. The number of amides is 1. The number of nitrogens with zero attached hydrogens (tertiary/aromatic N) is 3. The molecule has 0 unspecified atom stereocenters. The number of para-hydroxylation sites is 2.